The molecule has 30 heavy (non-hydrogen) atoms. The fourth-order valence-corrected chi connectivity index (χ4v) is 4.06. The summed E-state index contributed by atoms with van der Waals surface area (Å²) in [5.41, 5.74) is 0.708. The molecule has 0 aliphatic carbocycles. The number of rotatable bonds is 6. The zero-order valence-electron chi connectivity index (χ0n) is 15.3. The van der Waals surface area contributed by atoms with Crippen molar-refractivity contribution >= 4 is 69.4 Å². The molecular weight excluding hydrogens is 448 g/mol. The van der Waals surface area contributed by atoms with Gasteiger partial charge in [-0.05, 0) is 42.0 Å². The van der Waals surface area contributed by atoms with E-state index in [0.717, 1.165) is 23.4 Å². The Morgan fingerprint density at radius 1 is 1.20 bits per heavy atom. The molecule has 0 radical (unpaired) electrons. The molecular formula is C20H15ClN2O5S2. The van der Waals surface area contributed by atoms with Crippen molar-refractivity contribution in [2.75, 3.05) is 11.9 Å². The van der Waals surface area contributed by atoms with E-state index in [1.807, 2.05) is 0 Å². The van der Waals surface area contributed by atoms with Crippen molar-refractivity contribution in [2.45, 2.75) is 6.42 Å². The van der Waals surface area contributed by atoms with Crippen molar-refractivity contribution in [3.05, 3.63) is 63.5 Å². The summed E-state index contributed by atoms with van der Waals surface area (Å²) >= 11 is 12.3. The number of carbonyl (C=O) groups excluding carboxylic acids is 2. The maximum Gasteiger partial charge on any atom is 0.339 e. The van der Waals surface area contributed by atoms with E-state index in [1.54, 1.807) is 30.3 Å². The smallest absolute Gasteiger partial charge is 0.339 e. The molecule has 0 unspecified atom stereocenters. The topological polar surface area (TPSA) is 107 Å². The molecule has 2 aromatic rings. The van der Waals surface area contributed by atoms with Crippen LogP contribution in [-0.2, 0) is 9.59 Å². The minimum atomic E-state index is -1.31. The Hall–Kier alpha value is -2.88. The van der Waals surface area contributed by atoms with Crippen LogP contribution >= 0.6 is 35.6 Å². The standard InChI is InChI=1S/C20H15ClN2O5S2/c21-12-3-1-11(2-4-12)9-16-18(26)23(20(29)30-16)8-7-17(25)22-13-5-6-15(24)14(10-13)19(27)28/h1-6,9-10,24H,7-8H2,(H,22,25)(H,27,28). The minimum absolute atomic E-state index is 0.0378. The molecule has 1 heterocycles. The Labute approximate surface area is 186 Å². The predicted molar refractivity (Wildman–Crippen MR) is 120 cm³/mol. The third-order valence-electron chi connectivity index (χ3n) is 4.11. The first-order valence-corrected chi connectivity index (χ1v) is 10.2. The van der Waals surface area contributed by atoms with Crippen LogP contribution in [0.5, 0.6) is 5.75 Å². The van der Waals surface area contributed by atoms with Crippen LogP contribution < -0.4 is 5.32 Å². The number of halogens is 1. The van der Waals surface area contributed by atoms with Gasteiger partial charge in [-0.15, -0.1) is 0 Å². The first-order chi connectivity index (χ1) is 14.2. The molecule has 1 fully saturated rings. The van der Waals surface area contributed by atoms with Gasteiger partial charge in [0.1, 0.15) is 15.6 Å². The summed E-state index contributed by atoms with van der Waals surface area (Å²) in [7, 11) is 0. The largest absolute Gasteiger partial charge is 0.507 e. The van der Waals surface area contributed by atoms with E-state index in [4.69, 9.17) is 28.9 Å². The lowest BCUT2D eigenvalue weighted by Gasteiger charge is -2.14. The van der Waals surface area contributed by atoms with Gasteiger partial charge >= 0.3 is 5.97 Å². The fraction of sp³-hybridized carbons (Fsp3) is 0.100. The second-order valence-corrected chi connectivity index (χ2v) is 8.33. The lowest BCUT2D eigenvalue weighted by atomic mass is 10.1. The van der Waals surface area contributed by atoms with E-state index in [2.05, 4.69) is 5.32 Å². The van der Waals surface area contributed by atoms with Gasteiger partial charge in [-0.25, -0.2) is 4.79 Å². The molecule has 1 aliphatic rings. The summed E-state index contributed by atoms with van der Waals surface area (Å²) in [6.45, 7) is 0.0817. The molecule has 2 amide bonds. The summed E-state index contributed by atoms with van der Waals surface area (Å²) in [6.07, 6.45) is 1.67. The van der Waals surface area contributed by atoms with Gasteiger partial charge in [-0.2, -0.15) is 0 Å². The highest BCUT2D eigenvalue weighted by atomic mass is 35.5. The van der Waals surface area contributed by atoms with Gasteiger partial charge in [0.15, 0.2) is 0 Å². The number of hydrogen-bond acceptors (Lipinski definition) is 6. The second kappa shape index (κ2) is 9.29. The number of carboxylic acid groups (broad SMARTS) is 1. The third-order valence-corrected chi connectivity index (χ3v) is 5.74. The number of nitrogens with zero attached hydrogens (tertiary/aromatic N) is 1. The lowest BCUT2D eigenvalue weighted by Crippen LogP contribution is -2.31. The minimum Gasteiger partial charge on any atom is -0.507 e. The number of thioether (sulfide) groups is 1. The Kier molecular flexibility index (Phi) is 6.76. The molecule has 0 spiro atoms. The summed E-state index contributed by atoms with van der Waals surface area (Å²) in [6, 6.07) is 10.7. The molecule has 0 saturated carbocycles. The summed E-state index contributed by atoms with van der Waals surface area (Å²) in [5.74, 6) is -2.42. The number of carbonyl (C=O) groups is 3. The monoisotopic (exact) mass is 462 g/mol. The van der Waals surface area contributed by atoms with Crippen molar-refractivity contribution in [3.63, 3.8) is 0 Å². The Morgan fingerprint density at radius 2 is 1.90 bits per heavy atom. The van der Waals surface area contributed by atoms with Crippen LogP contribution in [-0.4, -0.2) is 43.8 Å². The van der Waals surface area contributed by atoms with E-state index in [9.17, 15) is 19.5 Å². The molecule has 0 atom stereocenters. The fourth-order valence-electron chi connectivity index (χ4n) is 2.63. The number of nitrogens with one attached hydrogen (secondary N) is 1. The van der Waals surface area contributed by atoms with Crippen molar-refractivity contribution in [2.24, 2.45) is 0 Å². The van der Waals surface area contributed by atoms with Gasteiger partial charge < -0.3 is 15.5 Å². The van der Waals surface area contributed by atoms with Gasteiger partial charge in [-0.1, -0.05) is 47.7 Å². The Bertz CT molecular complexity index is 1070. The SMILES string of the molecule is O=C(CCN1C(=O)C(=Cc2ccc(Cl)cc2)SC1=S)Nc1ccc(O)c(C(=O)O)c1. The van der Waals surface area contributed by atoms with Crippen molar-refractivity contribution in [1.82, 2.24) is 4.90 Å². The number of aromatic hydroxyl groups is 1. The van der Waals surface area contributed by atoms with Gasteiger partial charge in [0.05, 0.1) is 4.91 Å². The van der Waals surface area contributed by atoms with Crippen LogP contribution in [0.25, 0.3) is 6.08 Å². The Balaban J connectivity index is 1.61. The summed E-state index contributed by atoms with van der Waals surface area (Å²) in [4.78, 5) is 37.7. The number of phenols is 1. The van der Waals surface area contributed by atoms with Crippen LogP contribution in [0.3, 0.4) is 0 Å². The quantitative estimate of drug-likeness (QED) is 0.338. The number of amides is 2. The molecule has 2 aromatic carbocycles. The van der Waals surface area contributed by atoms with Gasteiger partial charge in [0.2, 0.25) is 5.91 Å². The normalized spacial score (nSPS) is 15.0. The first kappa shape index (κ1) is 21.8. The summed E-state index contributed by atoms with van der Waals surface area (Å²) < 4.78 is 0.353. The second-order valence-electron chi connectivity index (χ2n) is 6.22. The molecule has 3 N–H and O–H groups in total. The van der Waals surface area contributed by atoms with E-state index >= 15 is 0 Å². The van der Waals surface area contributed by atoms with Gasteiger partial charge in [-0.3, -0.25) is 14.5 Å². The number of hydrogen-bond donors (Lipinski definition) is 3. The van der Waals surface area contributed by atoms with E-state index < -0.39 is 17.6 Å². The molecule has 0 aromatic heterocycles. The van der Waals surface area contributed by atoms with Gasteiger partial charge in [0, 0.05) is 23.7 Å². The number of benzene rings is 2. The molecule has 1 saturated heterocycles. The molecule has 10 heteroatoms. The van der Waals surface area contributed by atoms with Crippen LogP contribution in [0.15, 0.2) is 47.4 Å². The molecule has 3 rings (SSSR count). The van der Waals surface area contributed by atoms with E-state index in [0.29, 0.717) is 14.2 Å². The maximum atomic E-state index is 12.6. The third kappa shape index (κ3) is 5.18. The highest BCUT2D eigenvalue weighted by Crippen LogP contribution is 2.32. The first-order valence-electron chi connectivity index (χ1n) is 8.61. The van der Waals surface area contributed by atoms with Crippen LogP contribution in [0.4, 0.5) is 5.69 Å². The molecule has 7 nitrogen and oxygen atoms in total. The predicted octanol–water partition coefficient (Wildman–Crippen LogP) is 3.97. The highest BCUT2D eigenvalue weighted by molar-refractivity contribution is 8.26. The van der Waals surface area contributed by atoms with Crippen molar-refractivity contribution in [3.8, 4) is 5.75 Å². The number of thiocarbonyl (C=S) groups is 1. The van der Waals surface area contributed by atoms with Crippen LogP contribution in [0.2, 0.25) is 5.02 Å². The lowest BCUT2D eigenvalue weighted by molar-refractivity contribution is -0.122. The van der Waals surface area contributed by atoms with E-state index in [1.165, 1.54) is 17.0 Å². The molecule has 0 bridgehead atoms. The number of carboxylic acids is 1. The van der Waals surface area contributed by atoms with E-state index in [-0.39, 0.29) is 30.1 Å². The average molecular weight is 463 g/mol. The molecule has 1 aliphatic heterocycles. The summed E-state index contributed by atoms with van der Waals surface area (Å²) in [5, 5.41) is 21.7. The average Bonchev–Trinajstić information content (AvgIpc) is 2.96. The van der Waals surface area contributed by atoms with Gasteiger partial charge in [0.25, 0.3) is 5.91 Å². The zero-order chi connectivity index (χ0) is 21.8. The van der Waals surface area contributed by atoms with Crippen molar-refractivity contribution < 1.29 is 24.6 Å². The van der Waals surface area contributed by atoms with Crippen LogP contribution in [0, 0.1) is 0 Å². The maximum absolute atomic E-state index is 12.6. The molecule has 154 valence electrons. The zero-order valence-corrected chi connectivity index (χ0v) is 17.7. The highest BCUT2D eigenvalue weighted by Gasteiger charge is 2.32. The number of aromatic carboxylic acids is 1. The van der Waals surface area contributed by atoms with Crippen molar-refractivity contribution in [1.29, 1.82) is 0 Å². The number of anilines is 1. The van der Waals surface area contributed by atoms with Crippen LogP contribution in [0.1, 0.15) is 22.3 Å². The Morgan fingerprint density at radius 3 is 2.57 bits per heavy atom.